The molecule has 0 spiro atoms. The number of benzene rings is 1. The standard InChI is InChI=1S/C11H11ClN2OS/c1-7-10(11(15)14(2)13-7)16-9-6-4-3-5-8(9)12/h3-6,15H,1-2H3. The highest BCUT2D eigenvalue weighted by molar-refractivity contribution is 7.99. The summed E-state index contributed by atoms with van der Waals surface area (Å²) in [6.45, 7) is 1.86. The first-order chi connectivity index (χ1) is 7.59. The van der Waals surface area contributed by atoms with Gasteiger partial charge in [-0.05, 0) is 19.1 Å². The minimum Gasteiger partial charge on any atom is -0.493 e. The van der Waals surface area contributed by atoms with E-state index < -0.39 is 0 Å². The van der Waals surface area contributed by atoms with Crippen LogP contribution in [0.4, 0.5) is 0 Å². The van der Waals surface area contributed by atoms with Crippen LogP contribution in [0, 0.1) is 6.92 Å². The van der Waals surface area contributed by atoms with Crippen LogP contribution in [-0.4, -0.2) is 14.9 Å². The highest BCUT2D eigenvalue weighted by Gasteiger charge is 2.14. The second-order valence-corrected chi connectivity index (χ2v) is 4.85. The average molecular weight is 255 g/mol. The second kappa shape index (κ2) is 4.39. The van der Waals surface area contributed by atoms with Gasteiger partial charge in [-0.2, -0.15) is 5.10 Å². The Morgan fingerprint density at radius 2 is 2.06 bits per heavy atom. The fourth-order valence-electron chi connectivity index (χ4n) is 1.38. The molecule has 0 aliphatic heterocycles. The first kappa shape index (κ1) is 11.4. The number of hydrogen-bond acceptors (Lipinski definition) is 3. The Morgan fingerprint density at radius 1 is 1.38 bits per heavy atom. The third-order valence-corrected chi connectivity index (χ3v) is 3.89. The number of nitrogens with zero attached hydrogens (tertiary/aromatic N) is 2. The van der Waals surface area contributed by atoms with Crippen molar-refractivity contribution in [1.82, 2.24) is 9.78 Å². The predicted octanol–water partition coefficient (Wildman–Crippen LogP) is 3.24. The van der Waals surface area contributed by atoms with Crippen molar-refractivity contribution in [2.45, 2.75) is 16.7 Å². The first-order valence-corrected chi connectivity index (χ1v) is 5.94. The zero-order valence-electron chi connectivity index (χ0n) is 8.94. The van der Waals surface area contributed by atoms with Gasteiger partial charge in [-0.15, -0.1) is 0 Å². The quantitative estimate of drug-likeness (QED) is 0.894. The average Bonchev–Trinajstić information content (AvgIpc) is 2.48. The molecule has 0 bridgehead atoms. The third-order valence-electron chi connectivity index (χ3n) is 2.19. The van der Waals surface area contributed by atoms with Gasteiger partial charge in [0.25, 0.3) is 0 Å². The van der Waals surface area contributed by atoms with Gasteiger partial charge >= 0.3 is 0 Å². The minimum absolute atomic E-state index is 0.169. The molecule has 1 aromatic heterocycles. The van der Waals surface area contributed by atoms with Crippen molar-refractivity contribution in [2.24, 2.45) is 7.05 Å². The van der Waals surface area contributed by atoms with E-state index in [1.165, 1.54) is 16.4 Å². The van der Waals surface area contributed by atoms with Gasteiger partial charge in [-0.25, -0.2) is 4.68 Å². The summed E-state index contributed by atoms with van der Waals surface area (Å²) in [5, 5.41) is 14.6. The Morgan fingerprint density at radius 3 is 2.62 bits per heavy atom. The molecule has 16 heavy (non-hydrogen) atoms. The van der Waals surface area contributed by atoms with E-state index in [2.05, 4.69) is 5.10 Å². The number of rotatable bonds is 2. The van der Waals surface area contributed by atoms with E-state index in [1.807, 2.05) is 31.2 Å². The normalized spacial score (nSPS) is 10.7. The molecule has 84 valence electrons. The Hall–Kier alpha value is -1.13. The van der Waals surface area contributed by atoms with Crippen molar-refractivity contribution < 1.29 is 5.11 Å². The number of halogens is 1. The Labute approximate surface area is 103 Å². The summed E-state index contributed by atoms with van der Waals surface area (Å²) < 4.78 is 1.45. The van der Waals surface area contributed by atoms with E-state index in [0.29, 0.717) is 5.02 Å². The molecule has 0 aliphatic carbocycles. The maximum Gasteiger partial charge on any atom is 0.223 e. The molecule has 3 nitrogen and oxygen atoms in total. The van der Waals surface area contributed by atoms with Gasteiger partial charge in [-0.3, -0.25) is 0 Å². The van der Waals surface area contributed by atoms with E-state index in [1.54, 1.807) is 7.05 Å². The maximum absolute atomic E-state index is 9.81. The van der Waals surface area contributed by atoms with Gasteiger partial charge in [0.2, 0.25) is 5.88 Å². The SMILES string of the molecule is Cc1nn(C)c(O)c1Sc1ccccc1Cl. The summed E-state index contributed by atoms with van der Waals surface area (Å²) in [7, 11) is 1.71. The number of aromatic hydroxyl groups is 1. The molecule has 0 saturated carbocycles. The van der Waals surface area contributed by atoms with E-state index in [-0.39, 0.29) is 5.88 Å². The van der Waals surface area contributed by atoms with E-state index in [0.717, 1.165) is 15.5 Å². The Balaban J connectivity index is 2.38. The summed E-state index contributed by atoms with van der Waals surface area (Å²) in [5.41, 5.74) is 0.796. The molecule has 0 atom stereocenters. The molecule has 2 aromatic rings. The molecule has 5 heteroatoms. The third kappa shape index (κ3) is 2.03. The summed E-state index contributed by atoms with van der Waals surface area (Å²) in [5.74, 6) is 0.169. The van der Waals surface area contributed by atoms with Gasteiger partial charge in [0.15, 0.2) is 0 Å². The maximum atomic E-state index is 9.81. The van der Waals surface area contributed by atoms with Crippen LogP contribution in [-0.2, 0) is 7.05 Å². The number of aromatic nitrogens is 2. The lowest BCUT2D eigenvalue weighted by Crippen LogP contribution is -1.88. The second-order valence-electron chi connectivity index (χ2n) is 3.39. The zero-order valence-corrected chi connectivity index (χ0v) is 10.5. The lowest BCUT2D eigenvalue weighted by Gasteiger charge is -2.02. The van der Waals surface area contributed by atoms with Gasteiger partial charge in [0.05, 0.1) is 15.6 Å². The van der Waals surface area contributed by atoms with Gasteiger partial charge in [0, 0.05) is 11.9 Å². The Bertz CT molecular complexity index is 525. The largest absolute Gasteiger partial charge is 0.493 e. The molecular weight excluding hydrogens is 244 g/mol. The first-order valence-electron chi connectivity index (χ1n) is 4.74. The van der Waals surface area contributed by atoms with Crippen molar-refractivity contribution in [3.05, 3.63) is 35.0 Å². The van der Waals surface area contributed by atoms with Crippen LogP contribution >= 0.6 is 23.4 Å². The lowest BCUT2D eigenvalue weighted by atomic mass is 10.4. The molecule has 1 heterocycles. The van der Waals surface area contributed by atoms with Crippen molar-refractivity contribution in [2.75, 3.05) is 0 Å². The molecule has 0 unspecified atom stereocenters. The topological polar surface area (TPSA) is 38.0 Å². The molecule has 1 aromatic carbocycles. The van der Waals surface area contributed by atoms with Crippen LogP contribution in [0.25, 0.3) is 0 Å². The van der Waals surface area contributed by atoms with E-state index in [9.17, 15) is 5.11 Å². The molecule has 0 saturated heterocycles. The number of hydrogen-bond donors (Lipinski definition) is 1. The molecule has 2 rings (SSSR count). The van der Waals surface area contributed by atoms with Crippen molar-refractivity contribution in [3.63, 3.8) is 0 Å². The highest BCUT2D eigenvalue weighted by atomic mass is 35.5. The fourth-order valence-corrected chi connectivity index (χ4v) is 2.58. The molecule has 0 fully saturated rings. The van der Waals surface area contributed by atoms with Crippen LogP contribution in [0.3, 0.4) is 0 Å². The fraction of sp³-hybridized carbons (Fsp3) is 0.182. The summed E-state index contributed by atoms with van der Waals surface area (Å²) in [6.07, 6.45) is 0. The van der Waals surface area contributed by atoms with Crippen LogP contribution in [0.1, 0.15) is 5.69 Å². The molecule has 1 N–H and O–H groups in total. The zero-order chi connectivity index (χ0) is 11.7. The van der Waals surface area contributed by atoms with E-state index in [4.69, 9.17) is 11.6 Å². The minimum atomic E-state index is 0.169. The van der Waals surface area contributed by atoms with Gasteiger partial charge < -0.3 is 5.11 Å². The van der Waals surface area contributed by atoms with Crippen molar-refractivity contribution in [1.29, 1.82) is 0 Å². The summed E-state index contributed by atoms with van der Waals surface area (Å²) >= 11 is 7.48. The molecule has 0 amide bonds. The van der Waals surface area contributed by atoms with Crippen LogP contribution < -0.4 is 0 Å². The summed E-state index contributed by atoms with van der Waals surface area (Å²) in [4.78, 5) is 1.66. The molecule has 0 aliphatic rings. The smallest absolute Gasteiger partial charge is 0.223 e. The molecule has 0 radical (unpaired) electrons. The predicted molar refractivity (Wildman–Crippen MR) is 65.2 cm³/mol. The van der Waals surface area contributed by atoms with Crippen molar-refractivity contribution in [3.8, 4) is 5.88 Å². The van der Waals surface area contributed by atoms with Gasteiger partial charge in [0.1, 0.15) is 0 Å². The summed E-state index contributed by atoms with van der Waals surface area (Å²) in [6, 6.07) is 7.53. The number of aryl methyl sites for hydroxylation is 2. The van der Waals surface area contributed by atoms with Crippen LogP contribution in [0.15, 0.2) is 34.1 Å². The highest BCUT2D eigenvalue weighted by Crippen LogP contribution is 2.39. The van der Waals surface area contributed by atoms with Gasteiger partial charge in [-0.1, -0.05) is 35.5 Å². The lowest BCUT2D eigenvalue weighted by molar-refractivity contribution is 0.409. The molecular formula is C11H11ClN2OS. The Kier molecular flexibility index (Phi) is 3.12. The van der Waals surface area contributed by atoms with Crippen molar-refractivity contribution >= 4 is 23.4 Å². The van der Waals surface area contributed by atoms with Crippen LogP contribution in [0.2, 0.25) is 5.02 Å². The monoisotopic (exact) mass is 254 g/mol. The van der Waals surface area contributed by atoms with E-state index >= 15 is 0 Å². The van der Waals surface area contributed by atoms with Crippen LogP contribution in [0.5, 0.6) is 5.88 Å².